The first kappa shape index (κ1) is 12.2. The van der Waals surface area contributed by atoms with Crippen LogP contribution >= 0.6 is 0 Å². The summed E-state index contributed by atoms with van der Waals surface area (Å²) < 4.78 is 0. The van der Waals surface area contributed by atoms with E-state index in [1.807, 2.05) is 6.92 Å². The van der Waals surface area contributed by atoms with E-state index in [2.05, 4.69) is 15.3 Å². The Kier molecular flexibility index (Phi) is 3.62. The van der Waals surface area contributed by atoms with Gasteiger partial charge in [-0.25, -0.2) is 4.98 Å². The van der Waals surface area contributed by atoms with Gasteiger partial charge >= 0.3 is 0 Å². The highest BCUT2D eigenvalue weighted by molar-refractivity contribution is 5.99. The molecular formula is C13H16N4O. The summed E-state index contributed by atoms with van der Waals surface area (Å²) in [5.41, 5.74) is 6.74. The number of aromatic nitrogens is 2. The SMILES string of the molecule is CCC(NC(=O)c1ccccc1N)c1ncc[nH]1. The molecule has 1 aromatic carbocycles. The second kappa shape index (κ2) is 5.35. The first-order valence-electron chi connectivity index (χ1n) is 5.87. The lowest BCUT2D eigenvalue weighted by Gasteiger charge is -2.15. The smallest absolute Gasteiger partial charge is 0.253 e. The number of hydrogen-bond acceptors (Lipinski definition) is 3. The van der Waals surface area contributed by atoms with Crippen LogP contribution in [0.2, 0.25) is 0 Å². The van der Waals surface area contributed by atoms with Gasteiger partial charge in [0.2, 0.25) is 0 Å². The van der Waals surface area contributed by atoms with E-state index in [1.54, 1.807) is 36.7 Å². The zero-order valence-electron chi connectivity index (χ0n) is 10.2. The second-order valence-electron chi connectivity index (χ2n) is 4.00. The fourth-order valence-electron chi connectivity index (χ4n) is 1.77. The summed E-state index contributed by atoms with van der Waals surface area (Å²) in [5, 5.41) is 2.91. The van der Waals surface area contributed by atoms with Crippen molar-refractivity contribution in [2.75, 3.05) is 5.73 Å². The second-order valence-corrected chi connectivity index (χ2v) is 4.00. The number of carbonyl (C=O) groups is 1. The lowest BCUT2D eigenvalue weighted by molar-refractivity contribution is 0.0935. The average molecular weight is 244 g/mol. The summed E-state index contributed by atoms with van der Waals surface area (Å²) in [5.74, 6) is 0.566. The molecule has 2 rings (SSSR count). The molecule has 5 heteroatoms. The summed E-state index contributed by atoms with van der Waals surface area (Å²) in [7, 11) is 0. The minimum absolute atomic E-state index is 0.132. The monoisotopic (exact) mass is 244 g/mol. The Balaban J connectivity index is 2.14. The maximum absolute atomic E-state index is 12.1. The van der Waals surface area contributed by atoms with Crippen molar-refractivity contribution in [3.05, 3.63) is 48.0 Å². The molecule has 18 heavy (non-hydrogen) atoms. The highest BCUT2D eigenvalue weighted by Gasteiger charge is 2.16. The van der Waals surface area contributed by atoms with Crippen molar-refractivity contribution < 1.29 is 4.79 Å². The van der Waals surface area contributed by atoms with E-state index in [-0.39, 0.29) is 11.9 Å². The van der Waals surface area contributed by atoms with E-state index in [0.717, 1.165) is 12.2 Å². The van der Waals surface area contributed by atoms with E-state index in [1.165, 1.54) is 0 Å². The number of hydrogen-bond donors (Lipinski definition) is 3. The van der Waals surface area contributed by atoms with Crippen molar-refractivity contribution in [1.29, 1.82) is 0 Å². The third kappa shape index (κ3) is 2.51. The molecule has 0 aliphatic heterocycles. The van der Waals surface area contributed by atoms with Crippen LogP contribution < -0.4 is 11.1 Å². The number of nitrogen functional groups attached to an aromatic ring is 1. The Morgan fingerprint density at radius 1 is 1.50 bits per heavy atom. The van der Waals surface area contributed by atoms with Gasteiger partial charge in [0.15, 0.2) is 0 Å². The molecule has 1 atom stereocenters. The zero-order valence-corrected chi connectivity index (χ0v) is 10.2. The molecule has 0 radical (unpaired) electrons. The van der Waals surface area contributed by atoms with E-state index in [4.69, 9.17) is 5.73 Å². The number of aromatic amines is 1. The van der Waals surface area contributed by atoms with Gasteiger partial charge in [0.05, 0.1) is 11.6 Å². The van der Waals surface area contributed by atoms with E-state index in [9.17, 15) is 4.79 Å². The first-order chi connectivity index (χ1) is 8.72. The quantitative estimate of drug-likeness (QED) is 0.718. The first-order valence-corrected chi connectivity index (χ1v) is 5.87. The van der Waals surface area contributed by atoms with Gasteiger partial charge in [0.1, 0.15) is 5.82 Å². The van der Waals surface area contributed by atoms with Crippen LogP contribution in [0.15, 0.2) is 36.7 Å². The van der Waals surface area contributed by atoms with Crippen LogP contribution in [0.25, 0.3) is 0 Å². The topological polar surface area (TPSA) is 83.8 Å². The van der Waals surface area contributed by atoms with Gasteiger partial charge in [-0.15, -0.1) is 0 Å². The van der Waals surface area contributed by atoms with Crippen LogP contribution in [0.1, 0.15) is 35.6 Å². The van der Waals surface area contributed by atoms with Gasteiger partial charge in [-0.05, 0) is 18.6 Å². The van der Waals surface area contributed by atoms with Crippen molar-refractivity contribution in [3.63, 3.8) is 0 Å². The van der Waals surface area contributed by atoms with Crippen LogP contribution in [0.5, 0.6) is 0 Å². The summed E-state index contributed by atoms with van der Waals surface area (Å²) in [6.45, 7) is 1.99. The van der Waals surface area contributed by atoms with Crippen molar-refractivity contribution in [2.24, 2.45) is 0 Å². The van der Waals surface area contributed by atoms with Crippen molar-refractivity contribution in [2.45, 2.75) is 19.4 Å². The normalized spacial score (nSPS) is 12.1. The maximum Gasteiger partial charge on any atom is 0.253 e. The van der Waals surface area contributed by atoms with E-state index in [0.29, 0.717) is 11.3 Å². The summed E-state index contributed by atoms with van der Waals surface area (Å²) in [6.07, 6.45) is 4.16. The van der Waals surface area contributed by atoms with Gasteiger partial charge in [-0.3, -0.25) is 4.79 Å². The predicted octanol–water partition coefficient (Wildman–Crippen LogP) is 1.87. The number of nitrogens with one attached hydrogen (secondary N) is 2. The molecule has 5 nitrogen and oxygen atoms in total. The van der Waals surface area contributed by atoms with Crippen molar-refractivity contribution in [3.8, 4) is 0 Å². The van der Waals surface area contributed by atoms with Crippen molar-refractivity contribution >= 4 is 11.6 Å². The minimum Gasteiger partial charge on any atom is -0.398 e. The number of amides is 1. The molecule has 1 aromatic heterocycles. The molecule has 4 N–H and O–H groups in total. The third-order valence-corrected chi connectivity index (χ3v) is 2.77. The summed E-state index contributed by atoms with van der Waals surface area (Å²) in [4.78, 5) is 19.3. The number of imidazole rings is 1. The lowest BCUT2D eigenvalue weighted by atomic mass is 10.1. The lowest BCUT2D eigenvalue weighted by Crippen LogP contribution is -2.29. The zero-order chi connectivity index (χ0) is 13.0. The highest BCUT2D eigenvalue weighted by Crippen LogP contribution is 2.15. The van der Waals surface area contributed by atoms with Crippen molar-refractivity contribution in [1.82, 2.24) is 15.3 Å². The Bertz CT molecular complexity index is 522. The van der Waals surface area contributed by atoms with Gasteiger partial charge in [-0.1, -0.05) is 19.1 Å². The van der Waals surface area contributed by atoms with Gasteiger partial charge in [-0.2, -0.15) is 0 Å². The number of nitrogens with two attached hydrogens (primary N) is 1. The number of carbonyl (C=O) groups excluding carboxylic acids is 1. The molecule has 1 amide bonds. The maximum atomic E-state index is 12.1. The molecule has 2 aromatic rings. The Morgan fingerprint density at radius 2 is 2.28 bits per heavy atom. The molecule has 0 aliphatic rings. The minimum atomic E-state index is -0.184. The van der Waals surface area contributed by atoms with E-state index >= 15 is 0 Å². The van der Waals surface area contributed by atoms with Gasteiger partial charge in [0.25, 0.3) is 5.91 Å². The average Bonchev–Trinajstić information content (AvgIpc) is 2.90. The van der Waals surface area contributed by atoms with E-state index < -0.39 is 0 Å². The fraction of sp³-hybridized carbons (Fsp3) is 0.231. The molecule has 94 valence electrons. The third-order valence-electron chi connectivity index (χ3n) is 2.77. The molecule has 0 saturated heterocycles. The van der Waals surface area contributed by atoms with Crippen LogP contribution in [0, 0.1) is 0 Å². The number of para-hydroxylation sites is 1. The summed E-state index contributed by atoms with van der Waals surface area (Å²) in [6, 6.07) is 6.88. The fourth-order valence-corrected chi connectivity index (χ4v) is 1.77. The van der Waals surface area contributed by atoms with Crippen LogP contribution in [0.3, 0.4) is 0 Å². The van der Waals surface area contributed by atoms with Gasteiger partial charge in [0, 0.05) is 18.1 Å². The Labute approximate surface area is 105 Å². The number of rotatable bonds is 4. The number of benzene rings is 1. The standard InChI is InChI=1S/C13H16N4O/c1-2-11(12-15-7-8-16-12)17-13(18)9-5-3-4-6-10(9)14/h3-8,11H,2,14H2,1H3,(H,15,16)(H,17,18). The molecule has 0 bridgehead atoms. The van der Waals surface area contributed by atoms with Crippen LogP contribution in [-0.4, -0.2) is 15.9 Å². The number of H-pyrrole nitrogens is 1. The Morgan fingerprint density at radius 3 is 2.89 bits per heavy atom. The molecule has 1 heterocycles. The van der Waals surface area contributed by atoms with Crippen LogP contribution in [0.4, 0.5) is 5.69 Å². The largest absolute Gasteiger partial charge is 0.398 e. The highest BCUT2D eigenvalue weighted by atomic mass is 16.1. The molecular weight excluding hydrogens is 228 g/mol. The summed E-state index contributed by atoms with van der Waals surface area (Å²) >= 11 is 0. The molecule has 0 aliphatic carbocycles. The molecule has 0 saturated carbocycles. The molecule has 0 fully saturated rings. The predicted molar refractivity (Wildman–Crippen MR) is 69.9 cm³/mol. The number of anilines is 1. The molecule has 1 unspecified atom stereocenters. The van der Waals surface area contributed by atoms with Crippen LogP contribution in [-0.2, 0) is 0 Å². The van der Waals surface area contributed by atoms with Gasteiger partial charge < -0.3 is 16.0 Å². The Hall–Kier alpha value is -2.30. The molecule has 0 spiro atoms. The number of nitrogens with zero attached hydrogens (tertiary/aromatic N) is 1.